The number of benzene rings is 3. The Hall–Kier alpha value is -5.12. The summed E-state index contributed by atoms with van der Waals surface area (Å²) in [6.07, 6.45) is 3.13. The van der Waals surface area contributed by atoms with Gasteiger partial charge in [-0.1, -0.05) is 24.3 Å². The van der Waals surface area contributed by atoms with Crippen LogP contribution in [0.15, 0.2) is 82.8 Å². The van der Waals surface area contributed by atoms with Crippen molar-refractivity contribution in [2.24, 2.45) is 9.98 Å². The van der Waals surface area contributed by atoms with Crippen LogP contribution in [-0.2, 0) is 0 Å². The normalized spacial score (nSPS) is 11.2. The third-order valence-corrected chi connectivity index (χ3v) is 4.60. The van der Waals surface area contributed by atoms with Gasteiger partial charge in [0.2, 0.25) is 5.82 Å². The molecule has 0 unspecified atom stereocenters. The molecule has 0 spiro atoms. The molecule has 34 heavy (non-hydrogen) atoms. The standard InChI is InChI=1S/C24H16N6O4/c31-22(32)18-5-1-15(2-6-18)13-25-20-11-9-17(10-12-20)21-27-29-24(30-28-21)26-14-16-3-7-19(8-4-16)23(33)34/h1-14H,(H,31,32)(H,33,34). The second kappa shape index (κ2) is 10.0. The second-order valence-corrected chi connectivity index (χ2v) is 6.94. The number of carboxylic acids is 2. The van der Waals surface area contributed by atoms with Gasteiger partial charge in [-0.3, -0.25) is 4.99 Å². The lowest BCUT2D eigenvalue weighted by molar-refractivity contribution is 0.0686. The van der Waals surface area contributed by atoms with Crippen LogP contribution in [0.1, 0.15) is 31.8 Å². The summed E-state index contributed by atoms with van der Waals surface area (Å²) in [5.74, 6) is -1.58. The predicted octanol–water partition coefficient (Wildman–Crippen LogP) is 3.83. The number of hydrogen-bond acceptors (Lipinski definition) is 8. The zero-order valence-corrected chi connectivity index (χ0v) is 17.5. The molecule has 10 heteroatoms. The zero-order valence-electron chi connectivity index (χ0n) is 17.5. The Morgan fingerprint density at radius 1 is 0.618 bits per heavy atom. The molecule has 0 atom stereocenters. The Kier molecular flexibility index (Phi) is 6.50. The van der Waals surface area contributed by atoms with Gasteiger partial charge in [0.1, 0.15) is 0 Å². The van der Waals surface area contributed by atoms with Gasteiger partial charge in [-0.25, -0.2) is 14.6 Å². The molecular weight excluding hydrogens is 436 g/mol. The molecular formula is C24H16N6O4. The van der Waals surface area contributed by atoms with Crippen LogP contribution in [-0.4, -0.2) is 55.0 Å². The minimum atomic E-state index is -0.997. The molecule has 2 N–H and O–H groups in total. The number of aromatic nitrogens is 4. The van der Waals surface area contributed by atoms with E-state index in [1.54, 1.807) is 54.7 Å². The Labute approximate surface area is 193 Å². The summed E-state index contributed by atoms with van der Waals surface area (Å²) >= 11 is 0. The highest BCUT2D eigenvalue weighted by Crippen LogP contribution is 2.19. The van der Waals surface area contributed by atoms with Crippen molar-refractivity contribution in [3.8, 4) is 11.4 Å². The number of rotatable bonds is 7. The van der Waals surface area contributed by atoms with Crippen LogP contribution in [0.3, 0.4) is 0 Å². The monoisotopic (exact) mass is 452 g/mol. The molecule has 10 nitrogen and oxygen atoms in total. The van der Waals surface area contributed by atoms with Crippen molar-refractivity contribution >= 4 is 36.0 Å². The highest BCUT2D eigenvalue weighted by Gasteiger charge is 2.05. The Bertz CT molecular complexity index is 1260. The van der Waals surface area contributed by atoms with Gasteiger partial charge >= 0.3 is 11.9 Å². The third-order valence-electron chi connectivity index (χ3n) is 4.60. The summed E-state index contributed by atoms with van der Waals surface area (Å²) in [6.45, 7) is 0. The van der Waals surface area contributed by atoms with Crippen molar-refractivity contribution in [1.82, 2.24) is 20.4 Å². The minimum absolute atomic E-state index is 0.0706. The molecule has 1 aromatic heterocycles. The summed E-state index contributed by atoms with van der Waals surface area (Å²) in [6, 6.07) is 19.7. The van der Waals surface area contributed by atoms with E-state index in [-0.39, 0.29) is 17.1 Å². The number of aliphatic imine (C=N–C) groups is 2. The van der Waals surface area contributed by atoms with Gasteiger partial charge in [-0.05, 0) is 59.7 Å². The van der Waals surface area contributed by atoms with Crippen LogP contribution in [0.5, 0.6) is 0 Å². The van der Waals surface area contributed by atoms with Crippen molar-refractivity contribution in [2.45, 2.75) is 0 Å². The van der Waals surface area contributed by atoms with Gasteiger partial charge in [0.05, 0.1) is 16.8 Å². The fourth-order valence-corrected chi connectivity index (χ4v) is 2.79. The largest absolute Gasteiger partial charge is 0.478 e. The van der Waals surface area contributed by atoms with Crippen LogP contribution in [0.2, 0.25) is 0 Å². The summed E-state index contributed by atoms with van der Waals surface area (Å²) < 4.78 is 0. The molecule has 166 valence electrons. The first-order chi connectivity index (χ1) is 16.5. The number of aromatic carboxylic acids is 2. The van der Waals surface area contributed by atoms with Crippen molar-refractivity contribution in [3.63, 3.8) is 0 Å². The maximum absolute atomic E-state index is 10.9. The number of nitrogens with zero attached hydrogens (tertiary/aromatic N) is 6. The first-order valence-electron chi connectivity index (χ1n) is 9.90. The predicted molar refractivity (Wildman–Crippen MR) is 124 cm³/mol. The van der Waals surface area contributed by atoms with Crippen LogP contribution < -0.4 is 0 Å². The number of hydrogen-bond donors (Lipinski definition) is 2. The molecule has 0 saturated heterocycles. The molecule has 0 aliphatic heterocycles. The topological polar surface area (TPSA) is 151 Å². The molecule has 0 bridgehead atoms. The maximum Gasteiger partial charge on any atom is 0.335 e. The van der Waals surface area contributed by atoms with E-state index in [0.717, 1.165) is 5.56 Å². The van der Waals surface area contributed by atoms with Crippen LogP contribution in [0.4, 0.5) is 11.6 Å². The van der Waals surface area contributed by atoms with Crippen molar-refractivity contribution in [1.29, 1.82) is 0 Å². The van der Waals surface area contributed by atoms with Crippen LogP contribution in [0.25, 0.3) is 11.4 Å². The lowest BCUT2D eigenvalue weighted by atomic mass is 10.1. The molecule has 4 aromatic rings. The maximum atomic E-state index is 10.9. The molecule has 0 saturated carbocycles. The fraction of sp³-hybridized carbons (Fsp3) is 0. The molecule has 0 amide bonds. The lowest BCUT2D eigenvalue weighted by Gasteiger charge is -2.00. The Morgan fingerprint density at radius 2 is 1.09 bits per heavy atom. The first-order valence-corrected chi connectivity index (χ1v) is 9.90. The van der Waals surface area contributed by atoms with E-state index in [2.05, 4.69) is 30.4 Å². The highest BCUT2D eigenvalue weighted by atomic mass is 16.4. The van der Waals surface area contributed by atoms with Gasteiger partial charge in [0.15, 0.2) is 0 Å². The van der Waals surface area contributed by atoms with Gasteiger partial charge in [0, 0.05) is 18.0 Å². The molecule has 0 aliphatic rings. The van der Waals surface area contributed by atoms with Gasteiger partial charge in [0.25, 0.3) is 5.95 Å². The minimum Gasteiger partial charge on any atom is -0.478 e. The number of carbonyl (C=O) groups is 2. The molecule has 0 fully saturated rings. The van der Waals surface area contributed by atoms with E-state index in [9.17, 15) is 9.59 Å². The van der Waals surface area contributed by atoms with Gasteiger partial charge in [-0.15, -0.1) is 20.4 Å². The SMILES string of the molecule is O=C(O)c1ccc(C=Nc2ccc(-c3nnc(N=Cc4ccc(C(=O)O)cc4)nn3)cc2)cc1. The molecule has 3 aromatic carbocycles. The molecule has 0 aliphatic carbocycles. The summed E-state index contributed by atoms with van der Waals surface area (Å²) in [7, 11) is 0. The molecule has 0 radical (unpaired) electrons. The van der Waals surface area contributed by atoms with Gasteiger partial charge < -0.3 is 10.2 Å². The average molecular weight is 452 g/mol. The van der Waals surface area contributed by atoms with E-state index >= 15 is 0 Å². The van der Waals surface area contributed by atoms with Gasteiger partial charge in [-0.2, -0.15) is 0 Å². The third kappa shape index (κ3) is 5.56. The average Bonchev–Trinajstić information content (AvgIpc) is 2.87. The van der Waals surface area contributed by atoms with E-state index in [0.29, 0.717) is 22.6 Å². The summed E-state index contributed by atoms with van der Waals surface area (Å²) in [5, 5.41) is 33.8. The smallest absolute Gasteiger partial charge is 0.335 e. The first kappa shape index (κ1) is 22.1. The van der Waals surface area contributed by atoms with E-state index in [1.165, 1.54) is 30.5 Å². The van der Waals surface area contributed by atoms with E-state index in [4.69, 9.17) is 10.2 Å². The van der Waals surface area contributed by atoms with Crippen molar-refractivity contribution in [3.05, 3.63) is 95.1 Å². The molecule has 4 rings (SSSR count). The zero-order chi connectivity index (χ0) is 23.9. The van der Waals surface area contributed by atoms with E-state index < -0.39 is 11.9 Å². The molecule has 1 heterocycles. The van der Waals surface area contributed by atoms with Crippen molar-refractivity contribution < 1.29 is 19.8 Å². The van der Waals surface area contributed by atoms with Crippen molar-refractivity contribution in [2.75, 3.05) is 0 Å². The second-order valence-electron chi connectivity index (χ2n) is 6.94. The highest BCUT2D eigenvalue weighted by molar-refractivity contribution is 5.90. The van der Waals surface area contributed by atoms with Crippen LogP contribution >= 0.6 is 0 Å². The Balaban J connectivity index is 1.39. The fourth-order valence-electron chi connectivity index (χ4n) is 2.79. The number of carboxylic acid groups (broad SMARTS) is 2. The van der Waals surface area contributed by atoms with Crippen LogP contribution in [0, 0.1) is 0 Å². The Morgan fingerprint density at radius 3 is 1.56 bits per heavy atom. The quantitative estimate of drug-likeness (QED) is 0.402. The van der Waals surface area contributed by atoms with E-state index in [1.807, 2.05) is 0 Å². The summed E-state index contributed by atoms with van der Waals surface area (Å²) in [4.78, 5) is 30.3. The lowest BCUT2D eigenvalue weighted by Crippen LogP contribution is -1.97. The summed E-state index contributed by atoms with van der Waals surface area (Å²) in [5.41, 5.74) is 3.26.